The van der Waals surface area contributed by atoms with Crippen molar-refractivity contribution in [2.75, 3.05) is 7.11 Å². The van der Waals surface area contributed by atoms with Crippen molar-refractivity contribution in [3.63, 3.8) is 0 Å². The van der Waals surface area contributed by atoms with Gasteiger partial charge in [0.1, 0.15) is 0 Å². The van der Waals surface area contributed by atoms with E-state index in [0.29, 0.717) is 5.57 Å². The largest absolute Gasteiger partial charge is 0.550 e. The molecule has 0 heterocycles. The number of ether oxygens (including phenoxy) is 1. The van der Waals surface area contributed by atoms with Crippen LogP contribution in [0.3, 0.4) is 0 Å². The molecule has 0 aliphatic heterocycles. The van der Waals surface area contributed by atoms with Gasteiger partial charge in [-0.15, -0.1) is 12.5 Å². The minimum Gasteiger partial charge on any atom is -0.550 e. The fourth-order valence-corrected chi connectivity index (χ4v) is 0.255. The van der Waals surface area contributed by atoms with Crippen LogP contribution in [0.4, 0.5) is 0 Å². The zero-order valence-electron chi connectivity index (χ0n) is 5.89. The number of hydrogen-bond donors (Lipinski definition) is 0. The summed E-state index contributed by atoms with van der Waals surface area (Å²) in [5, 5.41) is 0. The van der Waals surface area contributed by atoms with E-state index in [1.54, 1.807) is 13.8 Å². The SMILES string of the molecule is C[C-]=C(C)C(=O)OC.[Y]. The minimum atomic E-state index is -0.312. The second kappa shape index (κ2) is 6.43. The molecular formula is C6H9O2Y-. The van der Waals surface area contributed by atoms with Gasteiger partial charge in [0.05, 0.1) is 7.11 Å². The van der Waals surface area contributed by atoms with Crippen molar-refractivity contribution < 1.29 is 42.2 Å². The van der Waals surface area contributed by atoms with Crippen molar-refractivity contribution in [3.05, 3.63) is 11.6 Å². The Morgan fingerprint density at radius 1 is 1.56 bits per heavy atom. The van der Waals surface area contributed by atoms with Crippen LogP contribution in [0.2, 0.25) is 0 Å². The summed E-state index contributed by atoms with van der Waals surface area (Å²) >= 11 is 0. The van der Waals surface area contributed by atoms with Gasteiger partial charge in [0.15, 0.2) is 5.97 Å². The standard InChI is InChI=1S/C6H9O2.Y/c1-4-5(2)6(7)8-3;/h1-3H3;/q-1;. The fourth-order valence-electron chi connectivity index (χ4n) is 0.255. The molecule has 0 aliphatic carbocycles. The van der Waals surface area contributed by atoms with Crippen molar-refractivity contribution in [1.29, 1.82) is 0 Å². The second-order valence-electron chi connectivity index (χ2n) is 1.37. The van der Waals surface area contributed by atoms with Gasteiger partial charge in [0.2, 0.25) is 0 Å². The number of esters is 1. The molecule has 0 N–H and O–H groups in total. The van der Waals surface area contributed by atoms with E-state index in [1.165, 1.54) is 7.11 Å². The van der Waals surface area contributed by atoms with Crippen LogP contribution in [-0.4, -0.2) is 13.1 Å². The van der Waals surface area contributed by atoms with E-state index in [0.717, 1.165) is 0 Å². The molecule has 3 heteroatoms. The molecule has 0 aromatic heterocycles. The number of carbonyl (C=O) groups excluding carboxylic acids is 1. The topological polar surface area (TPSA) is 26.3 Å². The van der Waals surface area contributed by atoms with Crippen molar-refractivity contribution in [1.82, 2.24) is 0 Å². The van der Waals surface area contributed by atoms with E-state index in [1.807, 2.05) is 0 Å². The van der Waals surface area contributed by atoms with Gasteiger partial charge in [-0.25, -0.2) is 0 Å². The molecule has 0 aliphatic rings. The monoisotopic (exact) mass is 202 g/mol. The molecular weight excluding hydrogens is 193 g/mol. The van der Waals surface area contributed by atoms with Crippen LogP contribution in [-0.2, 0) is 42.2 Å². The van der Waals surface area contributed by atoms with Crippen molar-refractivity contribution in [3.8, 4) is 0 Å². The first-order chi connectivity index (χ1) is 3.72. The number of methoxy groups -OCH3 is 1. The third-order valence-corrected chi connectivity index (χ3v) is 0.867. The zero-order chi connectivity index (χ0) is 6.57. The Morgan fingerprint density at radius 2 is 2.00 bits per heavy atom. The van der Waals surface area contributed by atoms with Gasteiger partial charge in [-0.2, -0.15) is 0 Å². The molecule has 0 saturated heterocycles. The van der Waals surface area contributed by atoms with Crippen LogP contribution in [0.5, 0.6) is 0 Å². The maximum atomic E-state index is 10.4. The maximum Gasteiger partial charge on any atom is 0.170 e. The summed E-state index contributed by atoms with van der Waals surface area (Å²) in [6, 6.07) is 0. The summed E-state index contributed by atoms with van der Waals surface area (Å²) in [5.41, 5.74) is 0.521. The summed E-state index contributed by atoms with van der Waals surface area (Å²) in [6.07, 6.45) is 2.66. The molecule has 0 spiro atoms. The molecule has 9 heavy (non-hydrogen) atoms. The number of carbonyl (C=O) groups is 1. The molecule has 0 bridgehead atoms. The predicted octanol–water partition coefficient (Wildman–Crippen LogP) is 0.926. The van der Waals surface area contributed by atoms with Crippen molar-refractivity contribution in [2.45, 2.75) is 13.8 Å². The van der Waals surface area contributed by atoms with Crippen LogP contribution in [0.1, 0.15) is 13.8 Å². The van der Waals surface area contributed by atoms with E-state index in [2.05, 4.69) is 10.8 Å². The summed E-state index contributed by atoms with van der Waals surface area (Å²) in [6.45, 7) is 3.33. The normalized spacial score (nSPS) is 9.89. The quantitative estimate of drug-likeness (QED) is 0.359. The number of allylic oxidation sites excluding steroid dienone is 1. The fraction of sp³-hybridized carbons (Fsp3) is 0.500. The molecule has 0 amide bonds. The molecule has 0 atom stereocenters. The van der Waals surface area contributed by atoms with Crippen molar-refractivity contribution in [2.24, 2.45) is 0 Å². The van der Waals surface area contributed by atoms with Crippen LogP contribution in [0.25, 0.3) is 0 Å². The zero-order valence-corrected chi connectivity index (χ0v) is 8.73. The van der Waals surface area contributed by atoms with E-state index in [-0.39, 0.29) is 38.7 Å². The molecule has 0 saturated carbocycles. The first-order valence-corrected chi connectivity index (χ1v) is 2.32. The van der Waals surface area contributed by atoms with Gasteiger partial charge >= 0.3 is 0 Å². The first-order valence-electron chi connectivity index (χ1n) is 2.32. The van der Waals surface area contributed by atoms with Crippen LogP contribution in [0, 0.1) is 6.08 Å². The Labute approximate surface area is 80.5 Å². The third kappa shape index (κ3) is 4.80. The van der Waals surface area contributed by atoms with E-state index >= 15 is 0 Å². The van der Waals surface area contributed by atoms with Crippen molar-refractivity contribution >= 4 is 5.97 Å². The Hall–Kier alpha value is 0.314. The smallest absolute Gasteiger partial charge is 0.170 e. The summed E-state index contributed by atoms with van der Waals surface area (Å²) < 4.78 is 4.36. The minimum absolute atomic E-state index is 0. The van der Waals surface area contributed by atoms with E-state index < -0.39 is 0 Å². The first kappa shape index (κ1) is 12.0. The molecule has 0 rings (SSSR count). The van der Waals surface area contributed by atoms with Crippen LogP contribution < -0.4 is 0 Å². The van der Waals surface area contributed by atoms with Gasteiger partial charge in [0, 0.05) is 32.7 Å². The Kier molecular flexibility index (Phi) is 8.60. The average Bonchev–Trinajstić information content (AvgIpc) is 1.84. The third-order valence-electron chi connectivity index (χ3n) is 0.867. The molecule has 1 radical (unpaired) electrons. The van der Waals surface area contributed by atoms with Gasteiger partial charge in [-0.1, -0.05) is 6.92 Å². The summed E-state index contributed by atoms with van der Waals surface area (Å²) in [4.78, 5) is 10.4. The predicted molar refractivity (Wildman–Crippen MR) is 30.1 cm³/mol. The van der Waals surface area contributed by atoms with Gasteiger partial charge < -0.3 is 9.53 Å². The van der Waals surface area contributed by atoms with E-state index in [9.17, 15) is 4.79 Å². The maximum absolute atomic E-state index is 10.4. The molecule has 2 nitrogen and oxygen atoms in total. The molecule has 0 aromatic carbocycles. The number of hydrogen-bond acceptors (Lipinski definition) is 2. The molecule has 0 unspecified atom stereocenters. The average molecular weight is 202 g/mol. The Morgan fingerprint density at radius 3 is 2.11 bits per heavy atom. The number of rotatable bonds is 1. The molecule has 0 aromatic rings. The van der Waals surface area contributed by atoms with Gasteiger partial charge in [-0.3, -0.25) is 6.08 Å². The van der Waals surface area contributed by atoms with Crippen LogP contribution in [0.15, 0.2) is 5.57 Å². The molecule has 0 fully saturated rings. The van der Waals surface area contributed by atoms with E-state index in [4.69, 9.17) is 0 Å². The Bertz CT molecular complexity index is 118. The second-order valence-corrected chi connectivity index (χ2v) is 1.37. The Balaban J connectivity index is 0. The van der Waals surface area contributed by atoms with Crippen LogP contribution >= 0.6 is 0 Å². The molecule has 49 valence electrons. The summed E-state index contributed by atoms with van der Waals surface area (Å²) in [5.74, 6) is -0.312. The van der Waals surface area contributed by atoms with Gasteiger partial charge in [-0.05, 0) is 0 Å². The summed E-state index contributed by atoms with van der Waals surface area (Å²) in [7, 11) is 1.35. The van der Waals surface area contributed by atoms with Gasteiger partial charge in [0.25, 0.3) is 0 Å².